The summed E-state index contributed by atoms with van der Waals surface area (Å²) in [6.45, 7) is 2.56. The molecule has 1 heterocycles. The molecule has 0 aliphatic carbocycles. The van der Waals surface area contributed by atoms with Gasteiger partial charge in [-0.1, -0.05) is 19.1 Å². The van der Waals surface area contributed by atoms with Crippen molar-refractivity contribution < 1.29 is 13.2 Å². The van der Waals surface area contributed by atoms with E-state index in [0.717, 1.165) is 5.56 Å². The molecular formula is C16H19N3O3S. The highest BCUT2D eigenvalue weighted by Gasteiger charge is 2.11. The van der Waals surface area contributed by atoms with Crippen molar-refractivity contribution in [3.8, 4) is 0 Å². The molecule has 1 aromatic carbocycles. The van der Waals surface area contributed by atoms with Crippen molar-refractivity contribution in [1.29, 1.82) is 0 Å². The quantitative estimate of drug-likeness (QED) is 0.800. The summed E-state index contributed by atoms with van der Waals surface area (Å²) >= 11 is 0. The van der Waals surface area contributed by atoms with E-state index in [1.807, 2.05) is 0 Å². The standard InChI is InChI=1S/C16H19N3O3S/c1-2-19-23(21,22)15-5-3-13(4-6-15)7-12-18-16(20)14-8-10-17-11-9-14/h3-6,8-11,19H,2,7,12H2,1H3,(H,18,20). The summed E-state index contributed by atoms with van der Waals surface area (Å²) in [5.74, 6) is -0.154. The lowest BCUT2D eigenvalue weighted by molar-refractivity contribution is 0.0954. The third-order valence-electron chi connectivity index (χ3n) is 3.21. The van der Waals surface area contributed by atoms with Crippen LogP contribution in [0.5, 0.6) is 0 Å². The largest absolute Gasteiger partial charge is 0.352 e. The first-order chi connectivity index (χ1) is 11.0. The molecule has 0 unspecified atom stereocenters. The van der Waals surface area contributed by atoms with Crippen LogP contribution in [-0.2, 0) is 16.4 Å². The molecule has 0 spiro atoms. The molecule has 122 valence electrons. The minimum atomic E-state index is -3.42. The Balaban J connectivity index is 1.88. The van der Waals surface area contributed by atoms with Gasteiger partial charge in [-0.2, -0.15) is 0 Å². The summed E-state index contributed by atoms with van der Waals surface area (Å²) in [4.78, 5) is 16.0. The molecule has 0 radical (unpaired) electrons. The van der Waals surface area contributed by atoms with Gasteiger partial charge < -0.3 is 5.32 Å². The summed E-state index contributed by atoms with van der Waals surface area (Å²) in [5, 5.41) is 2.82. The predicted molar refractivity (Wildman–Crippen MR) is 87.6 cm³/mol. The van der Waals surface area contributed by atoms with Crippen LogP contribution in [0, 0.1) is 0 Å². The first-order valence-corrected chi connectivity index (χ1v) is 8.78. The summed E-state index contributed by atoms with van der Waals surface area (Å²) in [5.41, 5.74) is 1.52. The fraction of sp³-hybridized carbons (Fsp3) is 0.250. The molecule has 2 N–H and O–H groups in total. The van der Waals surface area contributed by atoms with Gasteiger partial charge >= 0.3 is 0 Å². The summed E-state index contributed by atoms with van der Waals surface area (Å²) < 4.78 is 26.1. The van der Waals surface area contributed by atoms with Crippen LogP contribution in [0.3, 0.4) is 0 Å². The summed E-state index contributed by atoms with van der Waals surface area (Å²) in [6, 6.07) is 9.94. The number of benzene rings is 1. The molecule has 1 aromatic heterocycles. The van der Waals surface area contributed by atoms with Crippen molar-refractivity contribution in [2.45, 2.75) is 18.2 Å². The van der Waals surface area contributed by atoms with Crippen molar-refractivity contribution >= 4 is 15.9 Å². The molecule has 2 aromatic rings. The molecule has 0 atom stereocenters. The Kier molecular flexibility index (Phi) is 5.84. The van der Waals surface area contributed by atoms with Crippen LogP contribution in [0.4, 0.5) is 0 Å². The molecule has 23 heavy (non-hydrogen) atoms. The zero-order chi connectivity index (χ0) is 16.7. The fourth-order valence-corrected chi connectivity index (χ4v) is 3.08. The minimum Gasteiger partial charge on any atom is -0.352 e. The van der Waals surface area contributed by atoms with Gasteiger partial charge in [-0.15, -0.1) is 0 Å². The number of hydrogen-bond donors (Lipinski definition) is 2. The second-order valence-electron chi connectivity index (χ2n) is 4.89. The molecule has 0 bridgehead atoms. The number of amides is 1. The summed E-state index contributed by atoms with van der Waals surface area (Å²) in [6.07, 6.45) is 3.76. The maximum Gasteiger partial charge on any atom is 0.251 e. The van der Waals surface area contributed by atoms with E-state index in [-0.39, 0.29) is 10.8 Å². The van der Waals surface area contributed by atoms with E-state index < -0.39 is 10.0 Å². The molecule has 0 saturated heterocycles. The number of pyridine rings is 1. The second-order valence-corrected chi connectivity index (χ2v) is 6.65. The third kappa shape index (κ3) is 4.87. The zero-order valence-corrected chi connectivity index (χ0v) is 13.6. The number of carbonyl (C=O) groups excluding carboxylic acids is 1. The Morgan fingerprint density at radius 3 is 2.35 bits per heavy atom. The van der Waals surface area contributed by atoms with Crippen molar-refractivity contribution in [3.63, 3.8) is 0 Å². The summed E-state index contributed by atoms with van der Waals surface area (Å²) in [7, 11) is -3.42. The van der Waals surface area contributed by atoms with E-state index in [0.29, 0.717) is 25.1 Å². The van der Waals surface area contributed by atoms with Gasteiger partial charge in [0.2, 0.25) is 10.0 Å². The van der Waals surface area contributed by atoms with Gasteiger partial charge in [0, 0.05) is 31.0 Å². The number of rotatable bonds is 7. The van der Waals surface area contributed by atoms with Crippen LogP contribution in [0.2, 0.25) is 0 Å². The molecule has 0 aliphatic heterocycles. The van der Waals surface area contributed by atoms with Crippen molar-refractivity contribution in [2.75, 3.05) is 13.1 Å². The Bertz CT molecular complexity index is 744. The van der Waals surface area contributed by atoms with Gasteiger partial charge in [0.15, 0.2) is 0 Å². The molecule has 0 fully saturated rings. The Hall–Kier alpha value is -2.25. The lowest BCUT2D eigenvalue weighted by atomic mass is 10.1. The predicted octanol–water partition coefficient (Wildman–Crippen LogP) is 1.35. The Labute approximate surface area is 136 Å². The van der Waals surface area contributed by atoms with Gasteiger partial charge in [0.05, 0.1) is 4.90 Å². The van der Waals surface area contributed by atoms with Crippen LogP contribution >= 0.6 is 0 Å². The SMILES string of the molecule is CCNS(=O)(=O)c1ccc(CCNC(=O)c2ccncc2)cc1. The van der Waals surface area contributed by atoms with Gasteiger partial charge in [-0.05, 0) is 36.2 Å². The number of sulfonamides is 1. The molecule has 6 nitrogen and oxygen atoms in total. The highest BCUT2D eigenvalue weighted by atomic mass is 32.2. The van der Waals surface area contributed by atoms with Crippen LogP contribution in [0.15, 0.2) is 53.7 Å². The van der Waals surface area contributed by atoms with E-state index >= 15 is 0 Å². The van der Waals surface area contributed by atoms with Crippen LogP contribution in [0.1, 0.15) is 22.8 Å². The lowest BCUT2D eigenvalue weighted by Gasteiger charge is -2.07. The molecule has 7 heteroatoms. The molecule has 1 amide bonds. The number of hydrogen-bond acceptors (Lipinski definition) is 4. The monoisotopic (exact) mass is 333 g/mol. The van der Waals surface area contributed by atoms with Crippen LogP contribution in [-0.4, -0.2) is 32.4 Å². The maximum atomic E-state index is 11.9. The maximum absolute atomic E-state index is 11.9. The average Bonchev–Trinajstić information content (AvgIpc) is 2.56. The van der Waals surface area contributed by atoms with Crippen molar-refractivity contribution in [2.24, 2.45) is 0 Å². The Morgan fingerprint density at radius 2 is 1.74 bits per heavy atom. The smallest absolute Gasteiger partial charge is 0.251 e. The van der Waals surface area contributed by atoms with Crippen molar-refractivity contribution in [3.05, 3.63) is 59.9 Å². The van der Waals surface area contributed by atoms with Crippen LogP contribution in [0.25, 0.3) is 0 Å². The highest BCUT2D eigenvalue weighted by Crippen LogP contribution is 2.10. The number of aromatic nitrogens is 1. The van der Waals surface area contributed by atoms with Crippen molar-refractivity contribution in [1.82, 2.24) is 15.0 Å². The van der Waals surface area contributed by atoms with Gasteiger partial charge in [0.1, 0.15) is 0 Å². The minimum absolute atomic E-state index is 0.154. The molecular weight excluding hydrogens is 314 g/mol. The topological polar surface area (TPSA) is 88.2 Å². The average molecular weight is 333 g/mol. The van der Waals surface area contributed by atoms with Gasteiger partial charge in [-0.3, -0.25) is 9.78 Å². The first-order valence-electron chi connectivity index (χ1n) is 7.30. The van der Waals surface area contributed by atoms with E-state index in [9.17, 15) is 13.2 Å². The number of carbonyl (C=O) groups is 1. The van der Waals surface area contributed by atoms with E-state index in [1.54, 1.807) is 55.7 Å². The highest BCUT2D eigenvalue weighted by molar-refractivity contribution is 7.89. The van der Waals surface area contributed by atoms with E-state index in [2.05, 4.69) is 15.0 Å². The second kappa shape index (κ2) is 7.85. The third-order valence-corrected chi connectivity index (χ3v) is 4.77. The van der Waals surface area contributed by atoms with E-state index in [4.69, 9.17) is 0 Å². The molecule has 0 saturated carbocycles. The molecule has 0 aliphatic rings. The zero-order valence-electron chi connectivity index (χ0n) is 12.8. The number of nitrogens with one attached hydrogen (secondary N) is 2. The molecule has 2 rings (SSSR count). The first kappa shape index (κ1) is 17.1. The Morgan fingerprint density at radius 1 is 1.09 bits per heavy atom. The lowest BCUT2D eigenvalue weighted by Crippen LogP contribution is -2.25. The van der Waals surface area contributed by atoms with Gasteiger partial charge in [-0.25, -0.2) is 13.1 Å². The van der Waals surface area contributed by atoms with E-state index in [1.165, 1.54) is 0 Å². The number of nitrogens with zero attached hydrogens (tertiary/aromatic N) is 1. The van der Waals surface area contributed by atoms with Crippen LogP contribution < -0.4 is 10.0 Å². The fourth-order valence-electron chi connectivity index (χ4n) is 2.03. The normalized spacial score (nSPS) is 11.2. The van der Waals surface area contributed by atoms with Gasteiger partial charge in [0.25, 0.3) is 5.91 Å².